The molecule has 2 amide bonds. The lowest BCUT2D eigenvalue weighted by Crippen LogP contribution is -2.50. The monoisotopic (exact) mass is 356 g/mol. The molecule has 1 heterocycles. The zero-order valence-electron chi connectivity index (χ0n) is 12.0. The molecule has 0 N–H and O–H groups in total. The topological polar surface area (TPSA) is 59.1 Å². The van der Waals surface area contributed by atoms with Crippen LogP contribution in [0.5, 0.6) is 5.75 Å². The lowest BCUT2D eigenvalue weighted by molar-refractivity contribution is 0.0597. The summed E-state index contributed by atoms with van der Waals surface area (Å²) in [6, 6.07) is 5.32. The van der Waals surface area contributed by atoms with E-state index in [0.717, 1.165) is 4.47 Å². The summed E-state index contributed by atoms with van der Waals surface area (Å²) in [4.78, 5) is 27.3. The van der Waals surface area contributed by atoms with Gasteiger partial charge in [0.2, 0.25) is 0 Å². The number of piperazine rings is 1. The molecule has 1 aliphatic heterocycles. The molecule has 0 radical (unpaired) electrons. The van der Waals surface area contributed by atoms with Crippen molar-refractivity contribution in [2.75, 3.05) is 40.4 Å². The molecule has 0 aromatic heterocycles. The van der Waals surface area contributed by atoms with E-state index in [1.54, 1.807) is 21.9 Å². The molecule has 1 aliphatic rings. The number of hydrogen-bond donors (Lipinski definition) is 0. The number of ether oxygens (including phenoxy) is 2. The zero-order valence-corrected chi connectivity index (χ0v) is 13.6. The van der Waals surface area contributed by atoms with E-state index in [-0.39, 0.29) is 12.0 Å². The minimum atomic E-state index is -0.359. The maximum absolute atomic E-state index is 12.6. The highest BCUT2D eigenvalue weighted by Crippen LogP contribution is 2.24. The van der Waals surface area contributed by atoms with E-state index in [9.17, 15) is 9.59 Å². The summed E-state index contributed by atoms with van der Waals surface area (Å²) in [5.74, 6) is 0.441. The first-order valence-electron chi connectivity index (χ1n) is 6.52. The van der Waals surface area contributed by atoms with Crippen molar-refractivity contribution in [3.63, 3.8) is 0 Å². The Labute approximate surface area is 131 Å². The molecule has 1 aromatic carbocycles. The number of carbonyl (C=O) groups is 2. The molecule has 1 fully saturated rings. The van der Waals surface area contributed by atoms with E-state index in [1.165, 1.54) is 14.2 Å². The third-order valence-electron chi connectivity index (χ3n) is 3.39. The van der Waals surface area contributed by atoms with E-state index in [4.69, 9.17) is 4.74 Å². The second-order valence-corrected chi connectivity index (χ2v) is 5.51. The van der Waals surface area contributed by atoms with Gasteiger partial charge in [0, 0.05) is 30.7 Å². The molecule has 2 rings (SSSR count). The number of carbonyl (C=O) groups excluding carboxylic acids is 2. The Morgan fingerprint density at radius 3 is 2.29 bits per heavy atom. The van der Waals surface area contributed by atoms with Gasteiger partial charge in [-0.15, -0.1) is 0 Å². The summed E-state index contributed by atoms with van der Waals surface area (Å²) >= 11 is 3.36. The second kappa shape index (κ2) is 6.80. The quantitative estimate of drug-likeness (QED) is 0.812. The van der Waals surface area contributed by atoms with Crippen LogP contribution in [-0.2, 0) is 4.74 Å². The second-order valence-electron chi connectivity index (χ2n) is 4.59. The molecule has 0 bridgehead atoms. The van der Waals surface area contributed by atoms with Crippen molar-refractivity contribution in [1.29, 1.82) is 0 Å². The van der Waals surface area contributed by atoms with Crippen LogP contribution in [0, 0.1) is 0 Å². The smallest absolute Gasteiger partial charge is 0.409 e. The lowest BCUT2D eigenvalue weighted by atomic mass is 10.1. The van der Waals surface area contributed by atoms with E-state index >= 15 is 0 Å². The van der Waals surface area contributed by atoms with Crippen molar-refractivity contribution in [1.82, 2.24) is 9.80 Å². The Morgan fingerprint density at radius 2 is 1.71 bits per heavy atom. The van der Waals surface area contributed by atoms with Gasteiger partial charge in [0.25, 0.3) is 5.91 Å². The van der Waals surface area contributed by atoms with Gasteiger partial charge in [-0.1, -0.05) is 15.9 Å². The zero-order chi connectivity index (χ0) is 15.4. The molecule has 7 heteroatoms. The Hall–Kier alpha value is -1.76. The maximum atomic E-state index is 12.6. The fraction of sp³-hybridized carbons (Fsp3) is 0.429. The highest BCUT2D eigenvalue weighted by Gasteiger charge is 2.26. The fourth-order valence-corrected chi connectivity index (χ4v) is 2.60. The van der Waals surface area contributed by atoms with Crippen molar-refractivity contribution < 1.29 is 19.1 Å². The molecule has 0 aliphatic carbocycles. The number of methoxy groups -OCH3 is 2. The van der Waals surface area contributed by atoms with Gasteiger partial charge in [-0.05, 0) is 18.2 Å². The van der Waals surface area contributed by atoms with Gasteiger partial charge >= 0.3 is 6.09 Å². The highest BCUT2D eigenvalue weighted by atomic mass is 79.9. The summed E-state index contributed by atoms with van der Waals surface area (Å²) < 4.78 is 10.7. The Kier molecular flexibility index (Phi) is 5.06. The summed E-state index contributed by atoms with van der Waals surface area (Å²) in [5, 5.41) is 0. The molecule has 1 aromatic rings. The molecule has 114 valence electrons. The van der Waals surface area contributed by atoms with Crippen molar-refractivity contribution >= 4 is 27.9 Å². The number of halogens is 1. The number of hydrogen-bond acceptors (Lipinski definition) is 4. The SMILES string of the molecule is COC(=O)N1CCN(C(=O)c2cc(Br)ccc2OC)CC1. The van der Waals surface area contributed by atoms with Gasteiger partial charge in [-0.3, -0.25) is 4.79 Å². The van der Waals surface area contributed by atoms with Crippen LogP contribution in [0.1, 0.15) is 10.4 Å². The van der Waals surface area contributed by atoms with Crippen LogP contribution in [-0.4, -0.2) is 62.2 Å². The average Bonchev–Trinajstić information content (AvgIpc) is 2.53. The van der Waals surface area contributed by atoms with Crippen LogP contribution in [0.15, 0.2) is 22.7 Å². The minimum absolute atomic E-state index is 0.0994. The Bertz CT molecular complexity index is 542. The van der Waals surface area contributed by atoms with E-state index < -0.39 is 0 Å². The van der Waals surface area contributed by atoms with Crippen molar-refractivity contribution in [2.45, 2.75) is 0 Å². The maximum Gasteiger partial charge on any atom is 0.409 e. The number of amides is 2. The first-order valence-corrected chi connectivity index (χ1v) is 7.32. The van der Waals surface area contributed by atoms with Crippen LogP contribution in [0.3, 0.4) is 0 Å². The molecular formula is C14H17BrN2O4. The largest absolute Gasteiger partial charge is 0.496 e. The fourth-order valence-electron chi connectivity index (χ4n) is 2.24. The predicted octanol–water partition coefficient (Wildman–Crippen LogP) is 1.98. The first-order chi connectivity index (χ1) is 10.1. The summed E-state index contributed by atoms with van der Waals surface area (Å²) in [6.07, 6.45) is -0.359. The molecule has 21 heavy (non-hydrogen) atoms. The van der Waals surface area contributed by atoms with E-state index in [2.05, 4.69) is 20.7 Å². The normalized spacial score (nSPS) is 14.8. The standard InChI is InChI=1S/C14H17BrN2O4/c1-20-12-4-3-10(15)9-11(12)13(18)16-5-7-17(8-6-16)14(19)21-2/h3-4,9H,5-8H2,1-2H3. The van der Waals surface area contributed by atoms with Gasteiger partial charge < -0.3 is 19.3 Å². The van der Waals surface area contributed by atoms with Crippen molar-refractivity contribution in [3.8, 4) is 5.75 Å². The molecule has 6 nitrogen and oxygen atoms in total. The van der Waals surface area contributed by atoms with E-state index in [0.29, 0.717) is 37.5 Å². The van der Waals surface area contributed by atoms with Gasteiger partial charge in [0.1, 0.15) is 5.75 Å². The number of benzene rings is 1. The third kappa shape index (κ3) is 3.47. The summed E-state index contributed by atoms with van der Waals surface area (Å²) in [7, 11) is 2.89. The number of nitrogens with zero attached hydrogens (tertiary/aromatic N) is 2. The van der Waals surface area contributed by atoms with Gasteiger partial charge in [0.15, 0.2) is 0 Å². The van der Waals surface area contributed by atoms with Crippen LogP contribution >= 0.6 is 15.9 Å². The average molecular weight is 357 g/mol. The van der Waals surface area contributed by atoms with Crippen molar-refractivity contribution in [2.24, 2.45) is 0 Å². The lowest BCUT2D eigenvalue weighted by Gasteiger charge is -2.34. The molecular weight excluding hydrogens is 340 g/mol. The minimum Gasteiger partial charge on any atom is -0.496 e. The van der Waals surface area contributed by atoms with Crippen molar-refractivity contribution in [3.05, 3.63) is 28.2 Å². The third-order valence-corrected chi connectivity index (χ3v) is 3.88. The molecule has 1 saturated heterocycles. The van der Waals surface area contributed by atoms with Crippen LogP contribution < -0.4 is 4.74 Å². The van der Waals surface area contributed by atoms with Crippen LogP contribution in [0.4, 0.5) is 4.79 Å². The number of rotatable bonds is 2. The molecule has 0 spiro atoms. The predicted molar refractivity (Wildman–Crippen MR) is 80.6 cm³/mol. The van der Waals surface area contributed by atoms with Crippen LogP contribution in [0.2, 0.25) is 0 Å². The Morgan fingerprint density at radius 1 is 1.10 bits per heavy atom. The molecule has 0 atom stereocenters. The van der Waals surface area contributed by atoms with Crippen LogP contribution in [0.25, 0.3) is 0 Å². The molecule has 0 unspecified atom stereocenters. The molecule has 0 saturated carbocycles. The Balaban J connectivity index is 2.09. The van der Waals surface area contributed by atoms with Gasteiger partial charge in [-0.25, -0.2) is 4.79 Å². The van der Waals surface area contributed by atoms with Gasteiger partial charge in [-0.2, -0.15) is 0 Å². The summed E-state index contributed by atoms with van der Waals surface area (Å²) in [6.45, 7) is 1.89. The highest BCUT2D eigenvalue weighted by molar-refractivity contribution is 9.10. The summed E-state index contributed by atoms with van der Waals surface area (Å²) in [5.41, 5.74) is 0.512. The van der Waals surface area contributed by atoms with E-state index in [1.807, 2.05) is 6.07 Å². The first kappa shape index (κ1) is 15.6. The van der Waals surface area contributed by atoms with Gasteiger partial charge in [0.05, 0.1) is 19.8 Å².